The van der Waals surface area contributed by atoms with Crippen LogP contribution in [-0.4, -0.2) is 165 Å². The van der Waals surface area contributed by atoms with Crippen LogP contribution in [0.1, 0.15) is 20.7 Å². The molecule has 380 valence electrons. The minimum Gasteiger partial charge on any atom is -1.00 e. The van der Waals surface area contributed by atoms with Crippen molar-refractivity contribution in [1.29, 1.82) is 0 Å². The highest BCUT2D eigenvalue weighted by molar-refractivity contribution is 6.28. The second kappa shape index (κ2) is 25.8. The lowest BCUT2D eigenvalue weighted by molar-refractivity contribution is -0.604. The summed E-state index contributed by atoms with van der Waals surface area (Å²) >= 11 is 11.1. The zero-order chi connectivity index (χ0) is 52.8. The van der Waals surface area contributed by atoms with Crippen LogP contribution in [0.25, 0.3) is 11.9 Å². The molecule has 0 saturated heterocycles. The average molecular weight is 1090 g/mol. The van der Waals surface area contributed by atoms with Crippen LogP contribution in [0.5, 0.6) is 24.0 Å². The summed E-state index contributed by atoms with van der Waals surface area (Å²) < 4.78 is 35.5. The van der Waals surface area contributed by atoms with Crippen molar-refractivity contribution in [2.45, 2.75) is 24.4 Å². The number of nitrogens with two attached hydrogens (primary N) is 2. The number of nitrogens with one attached hydrogen (secondary N) is 2. The van der Waals surface area contributed by atoms with Gasteiger partial charge in [-0.1, -0.05) is 0 Å². The second-order valence-electron chi connectivity index (χ2n) is 12.5. The van der Waals surface area contributed by atoms with E-state index in [-0.39, 0.29) is 71.0 Å². The van der Waals surface area contributed by atoms with Crippen molar-refractivity contribution in [2.75, 3.05) is 36.2 Å². The highest BCUT2D eigenvalue weighted by Crippen LogP contribution is 2.15. The Morgan fingerprint density at radius 2 is 0.889 bits per heavy atom. The monoisotopic (exact) mass is 1090 g/mol. The molecule has 0 amide bonds. The molecule has 0 saturated carbocycles. The number of aliphatic hydroxyl groups excluding tert-OH is 4. The highest BCUT2D eigenvalue weighted by Gasteiger charge is 2.37. The van der Waals surface area contributed by atoms with Crippen LogP contribution >= 0.6 is 23.2 Å². The van der Waals surface area contributed by atoms with Gasteiger partial charge in [0.05, 0.1) is 35.9 Å². The molecule has 34 nitrogen and oxygen atoms in total. The van der Waals surface area contributed by atoms with Crippen molar-refractivity contribution in [3.63, 3.8) is 0 Å². The van der Waals surface area contributed by atoms with Gasteiger partial charge in [-0.25, -0.2) is 37.9 Å². The Bertz CT molecular complexity index is 2840. The van der Waals surface area contributed by atoms with Crippen LogP contribution in [-0.2, 0) is 19.2 Å². The molecule has 0 bridgehead atoms. The van der Waals surface area contributed by atoms with E-state index in [1.165, 1.54) is 61.5 Å². The fourth-order valence-electron chi connectivity index (χ4n) is 4.56. The molecule has 72 heavy (non-hydrogen) atoms. The van der Waals surface area contributed by atoms with E-state index in [0.29, 0.717) is 0 Å². The molecule has 0 aliphatic rings. The first-order valence-corrected chi connectivity index (χ1v) is 19.1. The van der Waals surface area contributed by atoms with E-state index in [0.717, 1.165) is 10.8 Å². The van der Waals surface area contributed by atoms with E-state index < -0.39 is 95.5 Å². The summed E-state index contributed by atoms with van der Waals surface area (Å²) in [6, 6.07) is 2.60. The zero-order valence-corrected chi connectivity index (χ0v) is 38.5. The first kappa shape index (κ1) is 54.3. The number of halogens is 4. The van der Waals surface area contributed by atoms with Crippen LogP contribution < -0.4 is 75.0 Å². The van der Waals surface area contributed by atoms with Crippen LogP contribution in [0.15, 0.2) is 49.1 Å². The third-order valence-electron chi connectivity index (χ3n) is 7.72. The molecule has 0 radical (unpaired) electrons. The maximum absolute atomic E-state index is 12.6. The fraction of sp³-hybridized carbons (Fsp3) is 0.176. The Morgan fingerprint density at radius 3 is 1.29 bits per heavy atom. The number of esters is 4. The SMILES string of the molecule is [2H]Nc1nc(Cl)nc(OC(=O)C(O)C(O)C(=O)Oc2nc(Cl)nc(NC)n2)n1.[2H]Nc1nc(OC(=O)C(O)C(O)C(=O)Oc2nc(NC)nc(-[n+]3cccc(C(=O)O)c3)n2)nc(-[n+]2cccc(C(=O)O)c2)n1.[Cl-].[Cl-]. The molecule has 6 aromatic rings. The number of nitrogen functional groups attached to an aromatic ring is 2. The minimum absolute atomic E-state index is 0. The standard InChI is InChI=1S/C23H18N10O10.C11H10Cl2N8O6.2ClH/c1-25-19-28-21(33-7-3-5-11(9-33)15(38)39)31-23(29-19)43-17(41)13(35)12(34)16(40)42-22-27-18(24)26-20(30-22)32-6-2-4-10(8-32)14(36)37;1-15-9-17-7(13)19-11(21-9)27-5(25)3(23)2(22)4(24)26-10-18-6(12)16-8(14)20-10;;/h2-9,12-13,34-35H,1H3,(H3-2,24,25,26,27,28,29,30,31,36,37,38,39);2-3,22-23H,1H3,(H2,14,16,18,20)(H,15,17,19,21);2*1H/i/hD2. The molecule has 0 aliphatic heterocycles. The normalized spacial score (nSPS) is 12.3. The van der Waals surface area contributed by atoms with Gasteiger partial charge in [-0.05, 0) is 67.4 Å². The summed E-state index contributed by atoms with van der Waals surface area (Å²) in [5, 5.41) is 62.9. The summed E-state index contributed by atoms with van der Waals surface area (Å²) in [5.41, 5.74) is 3.37. The van der Waals surface area contributed by atoms with Gasteiger partial charge in [-0.15, -0.1) is 9.97 Å². The number of rotatable bonds is 18. The van der Waals surface area contributed by atoms with Crippen molar-refractivity contribution in [3.05, 3.63) is 70.7 Å². The molecule has 0 fully saturated rings. The van der Waals surface area contributed by atoms with E-state index in [2.05, 4.69) is 79.9 Å². The molecule has 4 unspecified atom stereocenters. The van der Waals surface area contributed by atoms with Gasteiger partial charge in [0.15, 0.2) is 27.2 Å². The first-order valence-electron chi connectivity index (χ1n) is 19.4. The number of hydrogen-bond donors (Lipinski definition) is 10. The van der Waals surface area contributed by atoms with E-state index in [1.807, 2.05) is 5.73 Å². The lowest BCUT2D eigenvalue weighted by Gasteiger charge is -2.14. The Hall–Kier alpha value is -8.64. The Balaban J connectivity index is 0.000000417. The molecule has 6 aromatic heterocycles. The molecular weight excluding hydrogens is 1060 g/mol. The first-order chi connectivity index (χ1) is 34.2. The van der Waals surface area contributed by atoms with Crippen molar-refractivity contribution in [1.82, 2.24) is 59.8 Å². The number of anilines is 4. The number of carboxylic acids is 2. The van der Waals surface area contributed by atoms with E-state index in [1.54, 1.807) is 5.73 Å². The maximum Gasteiger partial charge on any atom is 0.446 e. The maximum atomic E-state index is 12.6. The van der Waals surface area contributed by atoms with Crippen molar-refractivity contribution >= 4 is 82.8 Å². The predicted octanol–water partition coefficient (Wildman–Crippen LogP) is -10.9. The number of aromatic carboxylic acids is 2. The van der Waals surface area contributed by atoms with Crippen LogP contribution in [0.2, 0.25) is 13.4 Å². The number of pyridine rings is 2. The summed E-state index contributed by atoms with van der Waals surface area (Å²) in [7, 11) is 2.88. The molecule has 0 aromatic carbocycles. The van der Waals surface area contributed by atoms with Gasteiger partial charge in [-0.3, -0.25) is 0 Å². The van der Waals surface area contributed by atoms with Crippen LogP contribution in [0.3, 0.4) is 0 Å². The molecule has 38 heteroatoms. The number of ether oxygens (including phenoxy) is 4. The second-order valence-corrected chi connectivity index (χ2v) is 13.2. The number of nitrogens with zero attached hydrogens (tertiary/aromatic N) is 14. The summed E-state index contributed by atoms with van der Waals surface area (Å²) in [6.45, 7) is 0. The number of aliphatic hydroxyl groups is 4. The quantitative estimate of drug-likeness (QED) is 0.0282. The van der Waals surface area contributed by atoms with E-state index >= 15 is 0 Å². The minimum atomic E-state index is -2.55. The molecule has 0 spiro atoms. The molecular formula is C34H30Cl4N18O16. The van der Waals surface area contributed by atoms with Crippen molar-refractivity contribution in [3.8, 4) is 35.9 Å². The number of aromatic nitrogens is 14. The number of hydrogen-bond acceptors (Lipinski definition) is 30. The smallest absolute Gasteiger partial charge is 0.446 e. The molecule has 12 N–H and O–H groups in total. The lowest BCUT2D eigenvalue weighted by Crippen LogP contribution is -3.00. The van der Waals surface area contributed by atoms with Gasteiger partial charge in [0, 0.05) is 14.1 Å². The van der Waals surface area contributed by atoms with Gasteiger partial charge in [-0.2, -0.15) is 29.9 Å². The van der Waals surface area contributed by atoms with Crippen LogP contribution in [0.4, 0.5) is 23.8 Å². The van der Waals surface area contributed by atoms with Gasteiger partial charge in [0.1, 0.15) is 0 Å². The molecule has 6 rings (SSSR count). The third kappa shape index (κ3) is 15.7. The van der Waals surface area contributed by atoms with Gasteiger partial charge < -0.3 is 96.5 Å². The molecule has 4 atom stereocenters. The number of carboxylic acid groups (broad SMARTS) is 2. The average Bonchev–Trinajstić information content (AvgIpc) is 3.37. The molecule has 6 heterocycles. The number of carbonyl (C=O) groups excluding carboxylic acids is 4. The fourth-order valence-corrected chi connectivity index (χ4v) is 4.87. The Kier molecular flexibility index (Phi) is 19.5. The predicted molar refractivity (Wildman–Crippen MR) is 221 cm³/mol. The largest absolute Gasteiger partial charge is 1.00 e. The topological polar surface area (TPSA) is 499 Å². The number of carbonyl (C=O) groups is 6. The lowest BCUT2D eigenvalue weighted by atomic mass is 10.2. The summed E-state index contributed by atoms with van der Waals surface area (Å²) in [6.07, 6.45) is -4.82. The van der Waals surface area contributed by atoms with Crippen LogP contribution in [0, 0.1) is 0 Å². The zero-order valence-electron chi connectivity index (χ0n) is 37.5. The van der Waals surface area contributed by atoms with E-state index in [9.17, 15) is 59.4 Å². The Labute approximate surface area is 423 Å². The van der Waals surface area contributed by atoms with Gasteiger partial charge in [0.2, 0.25) is 22.5 Å². The van der Waals surface area contributed by atoms with E-state index in [4.69, 9.17) is 35.5 Å². The highest BCUT2D eigenvalue weighted by atomic mass is 35.5. The van der Waals surface area contributed by atoms with Crippen molar-refractivity contribution < 1.29 is 115 Å². The third-order valence-corrected chi connectivity index (χ3v) is 8.06. The van der Waals surface area contributed by atoms with Gasteiger partial charge in [0.25, 0.3) is 0 Å². The molecule has 0 aliphatic carbocycles. The summed E-state index contributed by atoms with van der Waals surface area (Å²) in [4.78, 5) is 116. The van der Waals surface area contributed by atoms with Crippen molar-refractivity contribution in [2.24, 2.45) is 0 Å². The van der Waals surface area contributed by atoms with Gasteiger partial charge >= 0.3 is 83.7 Å². The summed E-state index contributed by atoms with van der Waals surface area (Å²) in [5.74, 6) is -10.2. The Morgan fingerprint density at radius 1 is 0.542 bits per heavy atom.